The fourth-order valence-electron chi connectivity index (χ4n) is 2.32. The molecule has 0 bridgehead atoms. The first kappa shape index (κ1) is 16.5. The second-order valence-corrected chi connectivity index (χ2v) is 5.51. The number of halogens is 3. The Balaban J connectivity index is 2.50. The van der Waals surface area contributed by atoms with E-state index in [4.69, 9.17) is 0 Å². The molecule has 4 nitrogen and oxygen atoms in total. The summed E-state index contributed by atoms with van der Waals surface area (Å²) in [6, 6.07) is 3.30. The Hall–Kier alpha value is -1.89. The number of hydrogen-bond acceptors (Lipinski definition) is 3. The van der Waals surface area contributed by atoms with E-state index >= 15 is 0 Å². The highest BCUT2D eigenvalue weighted by Crippen LogP contribution is 2.30. The number of fused-ring (bicyclic) bond motifs is 1. The highest BCUT2D eigenvalue weighted by atomic mass is 19.4. The van der Waals surface area contributed by atoms with Gasteiger partial charge in [-0.1, -0.05) is 0 Å². The van der Waals surface area contributed by atoms with E-state index in [0.29, 0.717) is 12.1 Å². The average Bonchev–Trinajstić information content (AvgIpc) is 2.41. The molecule has 0 saturated carbocycles. The van der Waals surface area contributed by atoms with Gasteiger partial charge in [-0.3, -0.25) is 4.79 Å². The molecule has 0 amide bonds. The predicted octanol–water partition coefficient (Wildman–Crippen LogP) is 2.68. The van der Waals surface area contributed by atoms with E-state index in [1.54, 1.807) is 0 Å². The molecule has 1 aromatic carbocycles. The van der Waals surface area contributed by atoms with Gasteiger partial charge < -0.3 is 9.47 Å². The molecule has 0 aliphatic heterocycles. The van der Waals surface area contributed by atoms with Gasteiger partial charge in [-0.25, -0.2) is 4.98 Å². The number of rotatable bonds is 4. The van der Waals surface area contributed by atoms with Crippen LogP contribution in [-0.2, 0) is 12.7 Å². The third kappa shape index (κ3) is 3.47. The average molecular weight is 313 g/mol. The van der Waals surface area contributed by atoms with E-state index < -0.39 is 11.7 Å². The van der Waals surface area contributed by atoms with E-state index in [0.717, 1.165) is 25.1 Å². The van der Waals surface area contributed by atoms with Crippen LogP contribution in [0.4, 0.5) is 13.2 Å². The van der Waals surface area contributed by atoms with Gasteiger partial charge in [0.2, 0.25) is 0 Å². The van der Waals surface area contributed by atoms with Crippen LogP contribution >= 0.6 is 0 Å². The largest absolute Gasteiger partial charge is 0.416 e. The molecule has 7 heteroatoms. The maximum atomic E-state index is 12.8. The molecule has 0 unspecified atom stereocenters. The van der Waals surface area contributed by atoms with Crippen molar-refractivity contribution in [1.29, 1.82) is 0 Å². The minimum atomic E-state index is -4.42. The van der Waals surface area contributed by atoms with Crippen molar-refractivity contribution < 1.29 is 13.2 Å². The van der Waals surface area contributed by atoms with Gasteiger partial charge in [0.15, 0.2) is 0 Å². The number of nitrogens with zero attached hydrogens (tertiary/aromatic N) is 3. The van der Waals surface area contributed by atoms with Crippen molar-refractivity contribution in [3.8, 4) is 0 Å². The van der Waals surface area contributed by atoms with Crippen LogP contribution in [0, 0.1) is 6.92 Å². The van der Waals surface area contributed by atoms with Crippen molar-refractivity contribution in [2.24, 2.45) is 0 Å². The maximum absolute atomic E-state index is 12.8. The van der Waals surface area contributed by atoms with Crippen LogP contribution < -0.4 is 5.56 Å². The molecule has 1 aromatic heterocycles. The topological polar surface area (TPSA) is 38.1 Å². The van der Waals surface area contributed by atoms with E-state index in [9.17, 15) is 18.0 Å². The molecular formula is C15H18F3N3O. The van der Waals surface area contributed by atoms with E-state index in [1.165, 1.54) is 17.6 Å². The number of benzene rings is 1. The quantitative estimate of drug-likeness (QED) is 0.871. The highest BCUT2D eigenvalue weighted by molar-refractivity contribution is 5.75. The van der Waals surface area contributed by atoms with Crippen LogP contribution in [0.1, 0.15) is 17.7 Å². The molecule has 22 heavy (non-hydrogen) atoms. The lowest BCUT2D eigenvalue weighted by molar-refractivity contribution is -0.137. The summed E-state index contributed by atoms with van der Waals surface area (Å²) in [5, 5.41) is 0. The Morgan fingerprint density at radius 1 is 1.27 bits per heavy atom. The van der Waals surface area contributed by atoms with Crippen molar-refractivity contribution in [3.05, 3.63) is 39.8 Å². The van der Waals surface area contributed by atoms with Gasteiger partial charge >= 0.3 is 6.18 Å². The monoisotopic (exact) mass is 313 g/mol. The van der Waals surface area contributed by atoms with E-state index in [1.807, 2.05) is 19.0 Å². The van der Waals surface area contributed by atoms with Crippen LogP contribution in [0.2, 0.25) is 0 Å². The zero-order valence-corrected chi connectivity index (χ0v) is 12.7. The first-order valence-electron chi connectivity index (χ1n) is 6.93. The Morgan fingerprint density at radius 3 is 2.55 bits per heavy atom. The van der Waals surface area contributed by atoms with Gasteiger partial charge in [0.25, 0.3) is 5.56 Å². The Kier molecular flexibility index (Phi) is 4.55. The van der Waals surface area contributed by atoms with Crippen LogP contribution in [0.15, 0.2) is 23.0 Å². The molecule has 0 radical (unpaired) electrons. The molecule has 0 saturated heterocycles. The third-order valence-corrected chi connectivity index (χ3v) is 3.42. The standard InChI is InChI=1S/C15H18F3N3O/c1-10-14(22)21(8-4-7-20(2)3)13-6-5-11(15(16,17)18)9-12(13)19-10/h5-6,9H,4,7-8H2,1-3H3. The maximum Gasteiger partial charge on any atom is 0.416 e. The molecule has 2 aromatic rings. The van der Waals surface area contributed by atoms with Gasteiger partial charge in [0, 0.05) is 6.54 Å². The van der Waals surface area contributed by atoms with E-state index in [-0.39, 0.29) is 16.8 Å². The zero-order chi connectivity index (χ0) is 16.5. The molecule has 2 rings (SSSR count). The summed E-state index contributed by atoms with van der Waals surface area (Å²) in [6.45, 7) is 2.75. The molecular weight excluding hydrogens is 295 g/mol. The summed E-state index contributed by atoms with van der Waals surface area (Å²) < 4.78 is 39.9. The van der Waals surface area contributed by atoms with Crippen LogP contribution in [0.3, 0.4) is 0 Å². The normalized spacial score (nSPS) is 12.3. The van der Waals surface area contributed by atoms with Gasteiger partial charge in [0.1, 0.15) is 5.69 Å². The summed E-state index contributed by atoms with van der Waals surface area (Å²) in [5.74, 6) is 0. The zero-order valence-electron chi connectivity index (χ0n) is 12.7. The first-order chi connectivity index (χ1) is 10.2. The van der Waals surface area contributed by atoms with Crippen LogP contribution in [0.5, 0.6) is 0 Å². The Labute approximate surface area is 126 Å². The lowest BCUT2D eigenvalue weighted by atomic mass is 10.1. The van der Waals surface area contributed by atoms with Crippen LogP contribution in [-0.4, -0.2) is 35.1 Å². The minimum absolute atomic E-state index is 0.191. The lowest BCUT2D eigenvalue weighted by Gasteiger charge is -2.14. The van der Waals surface area contributed by atoms with Gasteiger partial charge in [-0.15, -0.1) is 0 Å². The van der Waals surface area contributed by atoms with Gasteiger partial charge in [-0.2, -0.15) is 13.2 Å². The van der Waals surface area contributed by atoms with E-state index in [2.05, 4.69) is 4.98 Å². The Morgan fingerprint density at radius 2 is 1.95 bits per heavy atom. The SMILES string of the molecule is Cc1nc2cc(C(F)(F)F)ccc2n(CCCN(C)C)c1=O. The van der Waals surface area contributed by atoms with Crippen molar-refractivity contribution in [1.82, 2.24) is 14.5 Å². The second-order valence-electron chi connectivity index (χ2n) is 5.51. The first-order valence-corrected chi connectivity index (χ1v) is 6.93. The summed E-state index contributed by atoms with van der Waals surface area (Å²) >= 11 is 0. The number of alkyl halides is 3. The number of hydrogen-bond donors (Lipinski definition) is 0. The predicted molar refractivity (Wildman–Crippen MR) is 78.9 cm³/mol. The molecule has 0 fully saturated rings. The summed E-state index contributed by atoms with van der Waals surface area (Å²) in [4.78, 5) is 18.2. The lowest BCUT2D eigenvalue weighted by Crippen LogP contribution is -2.26. The fraction of sp³-hybridized carbons (Fsp3) is 0.467. The number of aryl methyl sites for hydroxylation is 2. The molecule has 0 aliphatic carbocycles. The molecule has 0 atom stereocenters. The van der Waals surface area contributed by atoms with Crippen molar-refractivity contribution in [3.63, 3.8) is 0 Å². The van der Waals surface area contributed by atoms with Crippen molar-refractivity contribution >= 4 is 11.0 Å². The molecule has 1 heterocycles. The van der Waals surface area contributed by atoms with Gasteiger partial charge in [0.05, 0.1) is 16.6 Å². The van der Waals surface area contributed by atoms with Crippen molar-refractivity contribution in [2.75, 3.05) is 20.6 Å². The molecule has 0 N–H and O–H groups in total. The fourth-order valence-corrected chi connectivity index (χ4v) is 2.32. The van der Waals surface area contributed by atoms with Gasteiger partial charge in [-0.05, 0) is 52.2 Å². The summed E-state index contributed by atoms with van der Waals surface area (Å²) in [6.07, 6.45) is -3.69. The summed E-state index contributed by atoms with van der Waals surface area (Å²) in [5.41, 5.74) is -0.188. The minimum Gasteiger partial charge on any atom is -0.309 e. The number of aromatic nitrogens is 2. The Bertz CT molecular complexity index is 735. The molecule has 0 spiro atoms. The van der Waals surface area contributed by atoms with Crippen molar-refractivity contribution in [2.45, 2.75) is 26.1 Å². The third-order valence-electron chi connectivity index (χ3n) is 3.42. The molecule has 0 aliphatic rings. The highest BCUT2D eigenvalue weighted by Gasteiger charge is 2.30. The second kappa shape index (κ2) is 6.08. The van der Waals surface area contributed by atoms with Crippen LogP contribution in [0.25, 0.3) is 11.0 Å². The smallest absolute Gasteiger partial charge is 0.309 e. The summed E-state index contributed by atoms with van der Waals surface area (Å²) in [7, 11) is 3.85. The molecule has 120 valence electrons.